The van der Waals surface area contributed by atoms with Crippen LogP contribution < -0.4 is 5.56 Å². The van der Waals surface area contributed by atoms with E-state index in [1.165, 1.54) is 0 Å². The number of rotatable bonds is 4. The van der Waals surface area contributed by atoms with Crippen molar-refractivity contribution in [3.05, 3.63) is 105 Å². The lowest BCUT2D eigenvalue weighted by Gasteiger charge is -2.19. The van der Waals surface area contributed by atoms with Gasteiger partial charge in [-0.3, -0.25) is 4.79 Å². The predicted molar refractivity (Wildman–Crippen MR) is 113 cm³/mol. The Morgan fingerprint density at radius 1 is 0.852 bits per heavy atom. The van der Waals surface area contributed by atoms with Crippen molar-refractivity contribution in [3.8, 4) is 11.1 Å². The molecule has 0 aliphatic heterocycles. The van der Waals surface area contributed by atoms with Crippen molar-refractivity contribution in [1.29, 1.82) is 0 Å². The molecule has 3 aromatic carbocycles. The standard InChI is InChI=1S/C23H18BrNO2/c24-18-11-12-19-20(13-18)22(17-9-5-2-6-10-17)21(15-26)25(23(19)27)14-16-7-3-1-4-8-16/h1-13,26H,14-15H2. The van der Waals surface area contributed by atoms with Gasteiger partial charge in [0.05, 0.1) is 18.8 Å². The highest BCUT2D eigenvalue weighted by molar-refractivity contribution is 9.10. The van der Waals surface area contributed by atoms with E-state index < -0.39 is 0 Å². The normalized spacial score (nSPS) is 11.0. The summed E-state index contributed by atoms with van der Waals surface area (Å²) in [4.78, 5) is 13.2. The van der Waals surface area contributed by atoms with Crippen molar-refractivity contribution >= 4 is 26.7 Å². The van der Waals surface area contributed by atoms with Crippen LogP contribution in [0.5, 0.6) is 0 Å². The number of nitrogens with zero attached hydrogens (tertiary/aromatic N) is 1. The maximum Gasteiger partial charge on any atom is 0.259 e. The highest BCUT2D eigenvalue weighted by atomic mass is 79.9. The van der Waals surface area contributed by atoms with Crippen molar-refractivity contribution in [2.75, 3.05) is 0 Å². The van der Waals surface area contributed by atoms with E-state index in [9.17, 15) is 9.90 Å². The highest BCUT2D eigenvalue weighted by Gasteiger charge is 2.18. The van der Waals surface area contributed by atoms with Crippen LogP contribution in [0.3, 0.4) is 0 Å². The molecule has 1 aromatic heterocycles. The van der Waals surface area contributed by atoms with Gasteiger partial charge in [-0.1, -0.05) is 76.6 Å². The summed E-state index contributed by atoms with van der Waals surface area (Å²) in [6, 6.07) is 25.4. The minimum Gasteiger partial charge on any atom is -0.390 e. The van der Waals surface area contributed by atoms with Gasteiger partial charge in [0.15, 0.2) is 0 Å². The third-order valence-electron chi connectivity index (χ3n) is 4.74. The van der Waals surface area contributed by atoms with Crippen LogP contribution in [0.4, 0.5) is 0 Å². The Balaban J connectivity index is 2.08. The quantitative estimate of drug-likeness (QED) is 0.507. The van der Waals surface area contributed by atoms with Crippen molar-refractivity contribution in [1.82, 2.24) is 4.57 Å². The van der Waals surface area contributed by atoms with E-state index in [-0.39, 0.29) is 12.2 Å². The van der Waals surface area contributed by atoms with E-state index in [2.05, 4.69) is 15.9 Å². The second-order valence-corrected chi connectivity index (χ2v) is 7.33. The van der Waals surface area contributed by atoms with Crippen LogP contribution in [0.2, 0.25) is 0 Å². The van der Waals surface area contributed by atoms with Crippen molar-refractivity contribution in [3.63, 3.8) is 0 Å². The molecule has 3 nitrogen and oxygen atoms in total. The molecule has 0 radical (unpaired) electrons. The number of hydrogen-bond acceptors (Lipinski definition) is 2. The van der Waals surface area contributed by atoms with Crippen molar-refractivity contribution < 1.29 is 5.11 Å². The predicted octanol–water partition coefficient (Wildman–Crippen LogP) is 4.97. The van der Waals surface area contributed by atoms with Gasteiger partial charge in [-0.05, 0) is 34.7 Å². The molecule has 4 rings (SSSR count). The first-order valence-corrected chi connectivity index (χ1v) is 9.53. The average molecular weight is 420 g/mol. The van der Waals surface area contributed by atoms with E-state index in [1.54, 1.807) is 4.57 Å². The lowest BCUT2D eigenvalue weighted by Crippen LogP contribution is -2.25. The molecule has 0 bridgehead atoms. The molecule has 4 heteroatoms. The maximum atomic E-state index is 13.2. The molecular weight excluding hydrogens is 402 g/mol. The second-order valence-electron chi connectivity index (χ2n) is 6.41. The molecule has 0 unspecified atom stereocenters. The first-order chi connectivity index (χ1) is 13.2. The largest absolute Gasteiger partial charge is 0.390 e. The van der Waals surface area contributed by atoms with Crippen LogP contribution in [0.15, 0.2) is 88.1 Å². The Kier molecular flexibility index (Phi) is 4.92. The van der Waals surface area contributed by atoms with E-state index in [4.69, 9.17) is 0 Å². The van der Waals surface area contributed by atoms with E-state index >= 15 is 0 Å². The molecule has 27 heavy (non-hydrogen) atoms. The Bertz CT molecular complexity index is 1150. The van der Waals surface area contributed by atoms with E-state index in [0.29, 0.717) is 17.6 Å². The van der Waals surface area contributed by atoms with Crippen molar-refractivity contribution in [2.24, 2.45) is 0 Å². The van der Waals surface area contributed by atoms with Gasteiger partial charge in [0, 0.05) is 15.4 Å². The van der Waals surface area contributed by atoms with Crippen LogP contribution >= 0.6 is 15.9 Å². The van der Waals surface area contributed by atoms with Crippen LogP contribution in [0.25, 0.3) is 21.9 Å². The molecule has 0 atom stereocenters. The summed E-state index contributed by atoms with van der Waals surface area (Å²) in [5, 5.41) is 11.7. The molecule has 0 saturated carbocycles. The summed E-state index contributed by atoms with van der Waals surface area (Å²) in [6.45, 7) is 0.205. The number of aliphatic hydroxyl groups excluding tert-OH is 1. The molecule has 0 fully saturated rings. The van der Waals surface area contributed by atoms with Crippen molar-refractivity contribution in [2.45, 2.75) is 13.2 Å². The van der Waals surface area contributed by atoms with Crippen LogP contribution in [0, 0.1) is 0 Å². The van der Waals surface area contributed by atoms with Gasteiger partial charge in [-0.2, -0.15) is 0 Å². The zero-order valence-corrected chi connectivity index (χ0v) is 16.2. The van der Waals surface area contributed by atoms with Gasteiger partial charge in [-0.15, -0.1) is 0 Å². The van der Waals surface area contributed by atoms with Gasteiger partial charge in [0.25, 0.3) is 5.56 Å². The lowest BCUT2D eigenvalue weighted by molar-refractivity contribution is 0.271. The molecule has 4 aromatic rings. The molecular formula is C23H18BrNO2. The fourth-order valence-corrected chi connectivity index (χ4v) is 3.85. The third kappa shape index (κ3) is 3.34. The summed E-state index contributed by atoms with van der Waals surface area (Å²) in [5.41, 5.74) is 3.42. The topological polar surface area (TPSA) is 42.2 Å². The number of pyridine rings is 1. The van der Waals surface area contributed by atoms with Gasteiger partial charge in [-0.25, -0.2) is 0 Å². The second kappa shape index (κ2) is 7.51. The fraction of sp³-hybridized carbons (Fsp3) is 0.0870. The zero-order chi connectivity index (χ0) is 18.8. The first-order valence-electron chi connectivity index (χ1n) is 8.74. The number of benzene rings is 3. The molecule has 1 heterocycles. The molecule has 1 N–H and O–H groups in total. The number of aromatic nitrogens is 1. The average Bonchev–Trinajstić information content (AvgIpc) is 2.71. The van der Waals surface area contributed by atoms with Gasteiger partial charge >= 0.3 is 0 Å². The van der Waals surface area contributed by atoms with Crippen LogP contribution in [-0.4, -0.2) is 9.67 Å². The summed E-state index contributed by atoms with van der Waals surface area (Å²) >= 11 is 3.51. The molecule has 134 valence electrons. The lowest BCUT2D eigenvalue weighted by atomic mass is 9.96. The monoisotopic (exact) mass is 419 g/mol. The molecule has 0 aliphatic carbocycles. The Morgan fingerprint density at radius 3 is 2.19 bits per heavy atom. The van der Waals surface area contributed by atoms with Gasteiger partial charge in [0.1, 0.15) is 0 Å². The van der Waals surface area contributed by atoms with Gasteiger partial charge < -0.3 is 9.67 Å². The molecule has 0 amide bonds. The number of halogens is 1. The smallest absolute Gasteiger partial charge is 0.259 e. The Labute approximate surface area is 165 Å². The maximum absolute atomic E-state index is 13.2. The van der Waals surface area contributed by atoms with E-state index in [0.717, 1.165) is 26.5 Å². The van der Waals surface area contributed by atoms with Gasteiger partial charge in [0.2, 0.25) is 0 Å². The fourth-order valence-electron chi connectivity index (χ4n) is 3.49. The van der Waals surface area contributed by atoms with Crippen LogP contribution in [-0.2, 0) is 13.2 Å². The summed E-state index contributed by atoms with van der Waals surface area (Å²) in [5.74, 6) is 0. The minimum absolute atomic E-state index is 0.0925. The highest BCUT2D eigenvalue weighted by Crippen LogP contribution is 2.32. The van der Waals surface area contributed by atoms with E-state index in [1.807, 2.05) is 78.9 Å². The molecule has 0 saturated heterocycles. The first kappa shape index (κ1) is 17.7. The van der Waals surface area contributed by atoms with Crippen LogP contribution in [0.1, 0.15) is 11.3 Å². The third-order valence-corrected chi connectivity index (χ3v) is 5.23. The Hall–Kier alpha value is -2.69. The number of aliphatic hydroxyl groups is 1. The summed E-state index contributed by atoms with van der Waals surface area (Å²) in [7, 11) is 0. The number of hydrogen-bond donors (Lipinski definition) is 1. The zero-order valence-electron chi connectivity index (χ0n) is 14.6. The Morgan fingerprint density at radius 2 is 1.52 bits per heavy atom. The SMILES string of the molecule is O=c1c2ccc(Br)cc2c(-c2ccccc2)c(CO)n1Cc1ccccc1. The summed E-state index contributed by atoms with van der Waals surface area (Å²) in [6.07, 6.45) is 0. The minimum atomic E-state index is -0.214. The number of fused-ring (bicyclic) bond motifs is 1. The molecule has 0 aliphatic rings. The molecule has 0 spiro atoms. The summed E-state index contributed by atoms with van der Waals surface area (Å²) < 4.78 is 2.59.